The van der Waals surface area contributed by atoms with Gasteiger partial charge in [-0.3, -0.25) is 0 Å². The molecule has 0 amide bonds. The molecule has 0 aliphatic heterocycles. The molecule has 1 unspecified atom stereocenters. The van der Waals surface area contributed by atoms with Crippen molar-refractivity contribution >= 4 is 0 Å². The number of fused-ring (bicyclic) bond motifs is 1. The second kappa shape index (κ2) is 3.90. The number of hydrogen-bond acceptors (Lipinski definition) is 0. The first-order valence-electron chi connectivity index (χ1n) is 5.33. The largest absolute Gasteiger partial charge is 0.0988 e. The Bertz CT molecular complexity index is 435. The number of allylic oxidation sites excluding steroid dienone is 4. The first kappa shape index (κ1) is 9.97. The van der Waals surface area contributed by atoms with E-state index in [1.54, 1.807) is 0 Å². The van der Waals surface area contributed by atoms with Crippen LogP contribution in [0.25, 0.3) is 0 Å². The van der Waals surface area contributed by atoms with E-state index in [9.17, 15) is 0 Å². The molecule has 0 saturated carbocycles. The summed E-state index contributed by atoms with van der Waals surface area (Å²) in [6.45, 7) is 10.0. The lowest BCUT2D eigenvalue weighted by atomic mass is 9.79. The minimum atomic E-state index is 0.445. The molecule has 1 aromatic rings. The Kier molecular flexibility index (Phi) is 2.59. The predicted octanol–water partition coefficient (Wildman–Crippen LogP) is 4.01. The average Bonchev–Trinajstić information content (AvgIpc) is 2.29. The van der Waals surface area contributed by atoms with Crippen LogP contribution in [0.4, 0.5) is 0 Å². The van der Waals surface area contributed by atoms with E-state index in [1.165, 1.54) is 22.3 Å². The highest BCUT2D eigenvalue weighted by atomic mass is 14.2. The monoisotopic (exact) mass is 196 g/mol. The molecule has 1 aliphatic carbocycles. The maximum absolute atomic E-state index is 3.90. The number of hydrogen-bond donors (Lipinski definition) is 0. The van der Waals surface area contributed by atoms with Crippen molar-refractivity contribution in [2.24, 2.45) is 0 Å². The molecule has 0 bridgehead atoms. The summed E-state index contributed by atoms with van der Waals surface area (Å²) >= 11 is 0. The zero-order valence-corrected chi connectivity index (χ0v) is 9.16. The van der Waals surface area contributed by atoms with Gasteiger partial charge < -0.3 is 0 Å². The Morgan fingerprint density at radius 1 is 1.20 bits per heavy atom. The van der Waals surface area contributed by atoms with Gasteiger partial charge in [-0.25, -0.2) is 0 Å². The zero-order valence-electron chi connectivity index (χ0n) is 9.16. The molecule has 1 atom stereocenters. The first-order valence-corrected chi connectivity index (χ1v) is 5.33. The highest BCUT2D eigenvalue weighted by molar-refractivity contribution is 5.50. The molecule has 0 N–H and O–H groups in total. The smallest absolute Gasteiger partial charge is 0.00664 e. The van der Waals surface area contributed by atoms with Gasteiger partial charge in [0, 0.05) is 5.92 Å². The molecule has 15 heavy (non-hydrogen) atoms. The van der Waals surface area contributed by atoms with Crippen molar-refractivity contribution in [2.75, 3.05) is 0 Å². The lowest BCUT2D eigenvalue weighted by Gasteiger charge is -2.25. The predicted molar refractivity (Wildman–Crippen MR) is 66.0 cm³/mol. The quantitative estimate of drug-likeness (QED) is 0.670. The molecule has 0 aromatic heterocycles. The summed E-state index contributed by atoms with van der Waals surface area (Å²) in [5.74, 6) is 0.445. The SMILES string of the molecule is C=CC1=C(C=C)C(C)c2ccccc2C1. The van der Waals surface area contributed by atoms with E-state index in [-0.39, 0.29) is 0 Å². The van der Waals surface area contributed by atoms with Crippen molar-refractivity contribution in [3.8, 4) is 0 Å². The first-order chi connectivity index (χ1) is 7.27. The Labute approximate surface area is 91.6 Å². The molecule has 0 radical (unpaired) electrons. The molecular weight excluding hydrogens is 180 g/mol. The Balaban J connectivity index is 2.56. The fourth-order valence-corrected chi connectivity index (χ4v) is 2.37. The van der Waals surface area contributed by atoms with E-state index >= 15 is 0 Å². The van der Waals surface area contributed by atoms with E-state index < -0.39 is 0 Å². The third kappa shape index (κ3) is 1.56. The minimum Gasteiger partial charge on any atom is -0.0988 e. The molecule has 0 saturated heterocycles. The van der Waals surface area contributed by atoms with Gasteiger partial charge in [0.1, 0.15) is 0 Å². The lowest BCUT2D eigenvalue weighted by molar-refractivity contribution is 0.849. The van der Waals surface area contributed by atoms with Gasteiger partial charge in [0.05, 0.1) is 0 Å². The molecule has 0 fully saturated rings. The third-order valence-electron chi connectivity index (χ3n) is 3.21. The van der Waals surface area contributed by atoms with E-state index in [2.05, 4.69) is 44.3 Å². The highest BCUT2D eigenvalue weighted by Crippen LogP contribution is 2.36. The lowest BCUT2D eigenvalue weighted by Crippen LogP contribution is -2.10. The molecule has 0 heteroatoms. The minimum absolute atomic E-state index is 0.445. The van der Waals surface area contributed by atoms with Crippen molar-refractivity contribution in [1.82, 2.24) is 0 Å². The summed E-state index contributed by atoms with van der Waals surface area (Å²) in [7, 11) is 0. The molecule has 1 aromatic carbocycles. The molecule has 0 spiro atoms. The van der Waals surface area contributed by atoms with Crippen LogP contribution in [0.15, 0.2) is 60.7 Å². The Morgan fingerprint density at radius 2 is 1.93 bits per heavy atom. The molecule has 2 rings (SSSR count). The molecule has 1 aliphatic rings. The highest BCUT2D eigenvalue weighted by Gasteiger charge is 2.20. The summed E-state index contributed by atoms with van der Waals surface area (Å²) in [5.41, 5.74) is 5.49. The van der Waals surface area contributed by atoms with E-state index in [0.717, 1.165) is 6.42 Å². The van der Waals surface area contributed by atoms with Crippen molar-refractivity contribution < 1.29 is 0 Å². The van der Waals surface area contributed by atoms with E-state index in [0.29, 0.717) is 5.92 Å². The van der Waals surface area contributed by atoms with Gasteiger partial charge in [0.2, 0.25) is 0 Å². The summed E-state index contributed by atoms with van der Waals surface area (Å²) in [5, 5.41) is 0. The zero-order chi connectivity index (χ0) is 10.8. The summed E-state index contributed by atoms with van der Waals surface area (Å²) < 4.78 is 0. The summed E-state index contributed by atoms with van der Waals surface area (Å²) in [4.78, 5) is 0. The van der Waals surface area contributed by atoms with Crippen LogP contribution in [0, 0.1) is 0 Å². The second-order valence-corrected chi connectivity index (χ2v) is 3.99. The van der Waals surface area contributed by atoms with Crippen LogP contribution in [0.2, 0.25) is 0 Å². The van der Waals surface area contributed by atoms with Gasteiger partial charge in [0.15, 0.2) is 0 Å². The van der Waals surface area contributed by atoms with Crippen LogP contribution < -0.4 is 0 Å². The summed E-state index contributed by atoms with van der Waals surface area (Å²) in [6, 6.07) is 8.62. The molecule has 0 heterocycles. The van der Waals surface area contributed by atoms with Crippen LogP contribution in [-0.4, -0.2) is 0 Å². The topological polar surface area (TPSA) is 0 Å². The van der Waals surface area contributed by atoms with Crippen molar-refractivity contribution in [2.45, 2.75) is 19.3 Å². The van der Waals surface area contributed by atoms with Gasteiger partial charge in [-0.2, -0.15) is 0 Å². The fraction of sp³-hybridized carbons (Fsp3) is 0.200. The number of benzene rings is 1. The Hall–Kier alpha value is -1.56. The van der Waals surface area contributed by atoms with Crippen LogP contribution >= 0.6 is 0 Å². The molecule has 0 nitrogen and oxygen atoms in total. The van der Waals surface area contributed by atoms with Crippen LogP contribution in [0.3, 0.4) is 0 Å². The van der Waals surface area contributed by atoms with E-state index in [4.69, 9.17) is 0 Å². The molecular formula is C15H16. The average molecular weight is 196 g/mol. The molecule has 76 valence electrons. The van der Waals surface area contributed by atoms with E-state index in [1.807, 2.05) is 12.2 Å². The van der Waals surface area contributed by atoms with Gasteiger partial charge in [-0.15, -0.1) is 0 Å². The van der Waals surface area contributed by atoms with Gasteiger partial charge >= 0.3 is 0 Å². The van der Waals surface area contributed by atoms with Gasteiger partial charge in [-0.05, 0) is 28.7 Å². The standard InChI is InChI=1S/C15H16/c1-4-12-10-13-8-6-7-9-15(13)11(3)14(12)5-2/h4-9,11H,1-2,10H2,3H3. The van der Waals surface area contributed by atoms with Crippen LogP contribution in [-0.2, 0) is 6.42 Å². The maximum atomic E-state index is 3.90. The third-order valence-corrected chi connectivity index (χ3v) is 3.21. The van der Waals surface area contributed by atoms with Crippen molar-refractivity contribution in [3.05, 3.63) is 71.8 Å². The normalized spacial score (nSPS) is 19.7. The second-order valence-electron chi connectivity index (χ2n) is 3.99. The Morgan fingerprint density at radius 3 is 2.60 bits per heavy atom. The van der Waals surface area contributed by atoms with Crippen molar-refractivity contribution in [3.63, 3.8) is 0 Å². The summed E-state index contributed by atoms with van der Waals surface area (Å²) in [6.07, 6.45) is 4.92. The van der Waals surface area contributed by atoms with Gasteiger partial charge in [-0.1, -0.05) is 56.5 Å². The van der Waals surface area contributed by atoms with Crippen molar-refractivity contribution in [1.29, 1.82) is 0 Å². The number of rotatable bonds is 2. The van der Waals surface area contributed by atoms with Crippen LogP contribution in [0.1, 0.15) is 24.0 Å². The maximum Gasteiger partial charge on any atom is 0.00664 e. The van der Waals surface area contributed by atoms with Gasteiger partial charge in [0.25, 0.3) is 0 Å². The van der Waals surface area contributed by atoms with Crippen LogP contribution in [0.5, 0.6) is 0 Å². The fourth-order valence-electron chi connectivity index (χ4n) is 2.37.